The predicted molar refractivity (Wildman–Crippen MR) is 157 cm³/mol. The second-order valence-corrected chi connectivity index (χ2v) is 10.6. The number of rotatable bonds is 9. The van der Waals surface area contributed by atoms with Crippen LogP contribution in [0.2, 0.25) is 10.0 Å². The number of hydrogen-bond acceptors (Lipinski definition) is 5. The van der Waals surface area contributed by atoms with Gasteiger partial charge < -0.3 is 16.0 Å². The highest BCUT2D eigenvalue weighted by Crippen LogP contribution is 2.27. The highest BCUT2D eigenvalue weighted by atomic mass is 35.5. The van der Waals surface area contributed by atoms with E-state index >= 15 is 0 Å². The number of thioether (sulfide) groups is 1. The number of nitrogens with one attached hydrogen (secondary N) is 3. The van der Waals surface area contributed by atoms with Gasteiger partial charge in [-0.2, -0.15) is 11.3 Å². The number of halogens is 2. The van der Waals surface area contributed by atoms with Gasteiger partial charge in [-0.1, -0.05) is 47.5 Å². The lowest BCUT2D eigenvalue weighted by molar-refractivity contribution is -0.114. The van der Waals surface area contributed by atoms with Crippen molar-refractivity contribution in [2.24, 2.45) is 0 Å². The summed E-state index contributed by atoms with van der Waals surface area (Å²) in [5.41, 5.74) is 2.29. The average Bonchev–Trinajstić information content (AvgIpc) is 3.43. The molecule has 4 aromatic rings. The van der Waals surface area contributed by atoms with E-state index in [0.717, 1.165) is 10.5 Å². The van der Waals surface area contributed by atoms with Crippen molar-refractivity contribution in [1.29, 1.82) is 0 Å². The normalized spacial score (nSPS) is 11.1. The van der Waals surface area contributed by atoms with Crippen molar-refractivity contribution in [3.05, 3.63) is 116 Å². The van der Waals surface area contributed by atoms with Gasteiger partial charge in [-0.3, -0.25) is 14.4 Å². The van der Waals surface area contributed by atoms with Crippen LogP contribution in [0.3, 0.4) is 0 Å². The molecule has 6 nitrogen and oxygen atoms in total. The summed E-state index contributed by atoms with van der Waals surface area (Å²) in [7, 11) is 0. The van der Waals surface area contributed by atoms with Crippen LogP contribution in [0.25, 0.3) is 6.08 Å². The molecule has 3 N–H and O–H groups in total. The number of amides is 3. The van der Waals surface area contributed by atoms with E-state index < -0.39 is 11.8 Å². The van der Waals surface area contributed by atoms with Crippen molar-refractivity contribution < 1.29 is 14.4 Å². The van der Waals surface area contributed by atoms with E-state index in [2.05, 4.69) is 16.0 Å². The predicted octanol–water partition coefficient (Wildman–Crippen LogP) is 7.20. The Balaban J connectivity index is 1.41. The molecule has 0 aliphatic carbocycles. The Labute approximate surface area is 238 Å². The summed E-state index contributed by atoms with van der Waals surface area (Å²) in [6, 6.07) is 22.4. The largest absolute Gasteiger partial charge is 0.324 e. The Hall–Kier alpha value is -3.56. The Kier molecular flexibility index (Phi) is 9.62. The molecule has 10 heteroatoms. The third-order valence-electron chi connectivity index (χ3n) is 5.05. The van der Waals surface area contributed by atoms with Gasteiger partial charge in [0, 0.05) is 21.2 Å². The number of benzene rings is 3. The zero-order valence-electron chi connectivity index (χ0n) is 19.7. The van der Waals surface area contributed by atoms with E-state index in [0.29, 0.717) is 27.0 Å². The maximum absolute atomic E-state index is 13.2. The molecule has 3 amide bonds. The molecule has 0 bridgehead atoms. The molecule has 38 heavy (non-hydrogen) atoms. The van der Waals surface area contributed by atoms with Gasteiger partial charge in [0.25, 0.3) is 11.8 Å². The van der Waals surface area contributed by atoms with E-state index in [1.807, 2.05) is 29.0 Å². The third kappa shape index (κ3) is 7.97. The van der Waals surface area contributed by atoms with Crippen molar-refractivity contribution in [3.8, 4) is 0 Å². The van der Waals surface area contributed by atoms with Gasteiger partial charge in [-0.25, -0.2) is 0 Å². The Morgan fingerprint density at radius 3 is 2.47 bits per heavy atom. The molecule has 0 aliphatic heterocycles. The van der Waals surface area contributed by atoms with Gasteiger partial charge >= 0.3 is 0 Å². The molecular weight excluding hydrogens is 561 g/mol. The van der Waals surface area contributed by atoms with Crippen molar-refractivity contribution in [1.82, 2.24) is 5.32 Å². The summed E-state index contributed by atoms with van der Waals surface area (Å²) in [5, 5.41) is 12.9. The quantitative estimate of drug-likeness (QED) is 0.144. The number of carbonyl (C=O) groups is 3. The second-order valence-electron chi connectivity index (χ2n) is 7.88. The average molecular weight is 583 g/mol. The minimum absolute atomic E-state index is 0.105. The van der Waals surface area contributed by atoms with Gasteiger partial charge in [-0.05, 0) is 77.0 Å². The van der Waals surface area contributed by atoms with E-state index in [-0.39, 0.29) is 17.4 Å². The summed E-state index contributed by atoms with van der Waals surface area (Å²) in [4.78, 5) is 39.1. The minimum atomic E-state index is -0.476. The first-order valence-electron chi connectivity index (χ1n) is 11.3. The summed E-state index contributed by atoms with van der Waals surface area (Å²) in [6.07, 6.45) is 1.62. The molecule has 0 aliphatic rings. The number of carbonyl (C=O) groups excluding carboxylic acids is 3. The molecular formula is C28H21Cl2N3O3S2. The molecule has 0 atom stereocenters. The number of thiophene rings is 1. The first-order valence-corrected chi connectivity index (χ1v) is 14.0. The fourth-order valence-corrected chi connectivity index (χ4v) is 4.97. The van der Waals surface area contributed by atoms with Crippen molar-refractivity contribution in [2.75, 3.05) is 16.4 Å². The van der Waals surface area contributed by atoms with Crippen LogP contribution in [-0.2, 0) is 9.59 Å². The first-order chi connectivity index (χ1) is 18.4. The SMILES string of the molecule is O=C(CSc1cccc(NC(=O)/C(=C/c2ccsc2)NC(=O)c2ccccc2)c1)Nc1cc(Cl)ccc1Cl. The van der Waals surface area contributed by atoms with E-state index in [4.69, 9.17) is 23.2 Å². The molecule has 4 rings (SSSR count). The molecule has 0 saturated heterocycles. The van der Waals surface area contributed by atoms with Crippen LogP contribution < -0.4 is 16.0 Å². The molecule has 0 unspecified atom stereocenters. The standard InChI is InChI=1S/C28H21Cl2N3O3S2/c29-20-9-10-23(30)24(14-20)32-26(34)17-38-22-8-4-7-21(15-22)31-28(36)25(13-18-11-12-37-16-18)33-27(35)19-5-2-1-3-6-19/h1-16H,17H2,(H,31,36)(H,32,34)(H,33,35)/b25-13-. The lowest BCUT2D eigenvalue weighted by Crippen LogP contribution is -2.30. The highest BCUT2D eigenvalue weighted by Gasteiger charge is 2.16. The Bertz CT molecular complexity index is 1480. The minimum Gasteiger partial charge on any atom is -0.324 e. The fourth-order valence-electron chi connectivity index (χ4n) is 3.26. The summed E-state index contributed by atoms with van der Waals surface area (Å²) in [5.74, 6) is -0.997. The van der Waals surface area contributed by atoms with Crippen LogP contribution in [0.4, 0.5) is 11.4 Å². The Morgan fingerprint density at radius 2 is 1.71 bits per heavy atom. The lowest BCUT2D eigenvalue weighted by Gasteiger charge is -2.12. The molecule has 0 spiro atoms. The Morgan fingerprint density at radius 1 is 0.895 bits per heavy atom. The number of hydrogen-bond donors (Lipinski definition) is 3. The van der Waals surface area contributed by atoms with Gasteiger partial charge in [-0.15, -0.1) is 11.8 Å². The number of anilines is 2. The van der Waals surface area contributed by atoms with Gasteiger partial charge in [0.05, 0.1) is 16.5 Å². The van der Waals surface area contributed by atoms with Crippen LogP contribution in [0, 0.1) is 0 Å². The van der Waals surface area contributed by atoms with Crippen LogP contribution in [0.1, 0.15) is 15.9 Å². The molecule has 3 aromatic carbocycles. The van der Waals surface area contributed by atoms with Crippen LogP contribution in [0.5, 0.6) is 0 Å². The molecule has 0 radical (unpaired) electrons. The zero-order chi connectivity index (χ0) is 26.9. The van der Waals surface area contributed by atoms with Gasteiger partial charge in [0.2, 0.25) is 5.91 Å². The van der Waals surface area contributed by atoms with Crippen molar-refractivity contribution in [2.45, 2.75) is 4.90 Å². The lowest BCUT2D eigenvalue weighted by atomic mass is 10.2. The zero-order valence-corrected chi connectivity index (χ0v) is 22.9. The van der Waals surface area contributed by atoms with Crippen molar-refractivity contribution in [3.63, 3.8) is 0 Å². The topological polar surface area (TPSA) is 87.3 Å². The van der Waals surface area contributed by atoms with Gasteiger partial charge in [0.15, 0.2) is 0 Å². The molecule has 1 aromatic heterocycles. The fraction of sp³-hybridized carbons (Fsp3) is 0.0357. The monoisotopic (exact) mass is 581 g/mol. The summed E-state index contributed by atoms with van der Waals surface area (Å²) >= 11 is 14.9. The van der Waals surface area contributed by atoms with Gasteiger partial charge in [0.1, 0.15) is 5.70 Å². The highest BCUT2D eigenvalue weighted by molar-refractivity contribution is 8.00. The van der Waals surface area contributed by atoms with Crippen molar-refractivity contribution >= 4 is 81.5 Å². The molecule has 192 valence electrons. The van der Waals surface area contributed by atoms with Crippen LogP contribution >= 0.6 is 46.3 Å². The molecule has 1 heterocycles. The van der Waals surface area contributed by atoms with Crippen LogP contribution in [0.15, 0.2) is 100 Å². The summed E-state index contributed by atoms with van der Waals surface area (Å²) < 4.78 is 0. The first kappa shape index (κ1) is 27.5. The smallest absolute Gasteiger partial charge is 0.272 e. The van der Waals surface area contributed by atoms with E-state index in [9.17, 15) is 14.4 Å². The van der Waals surface area contributed by atoms with Crippen LogP contribution in [-0.4, -0.2) is 23.5 Å². The maximum Gasteiger partial charge on any atom is 0.272 e. The second kappa shape index (κ2) is 13.3. The third-order valence-corrected chi connectivity index (χ3v) is 7.31. The van der Waals surface area contributed by atoms with E-state index in [1.165, 1.54) is 23.1 Å². The molecule has 0 saturated carbocycles. The summed E-state index contributed by atoms with van der Waals surface area (Å²) in [6.45, 7) is 0. The van der Waals surface area contributed by atoms with E-state index in [1.54, 1.807) is 66.7 Å². The molecule has 0 fully saturated rings. The maximum atomic E-state index is 13.2.